The van der Waals surface area contributed by atoms with Crippen LogP contribution in [0.2, 0.25) is 18.1 Å². The van der Waals surface area contributed by atoms with Gasteiger partial charge in [-0.1, -0.05) is 63.1 Å². The summed E-state index contributed by atoms with van der Waals surface area (Å²) in [6.07, 6.45) is 9.59. The average Bonchev–Trinajstić information content (AvgIpc) is 3.23. The van der Waals surface area contributed by atoms with Crippen LogP contribution in [0.1, 0.15) is 103 Å². The van der Waals surface area contributed by atoms with Gasteiger partial charge in [0.15, 0.2) is 19.9 Å². The van der Waals surface area contributed by atoms with Crippen molar-refractivity contribution in [2.75, 3.05) is 26.4 Å². The number of allylic oxidation sites excluding steroid dienone is 2. The van der Waals surface area contributed by atoms with Crippen LogP contribution in [0.3, 0.4) is 0 Å². The Kier molecular flexibility index (Phi) is 6.50. The van der Waals surface area contributed by atoms with Crippen molar-refractivity contribution in [3.8, 4) is 0 Å². The van der Waals surface area contributed by atoms with Crippen molar-refractivity contribution in [1.29, 1.82) is 0 Å². The average molecular weight is 607 g/mol. The lowest BCUT2D eigenvalue weighted by molar-refractivity contribution is -0.181. The minimum atomic E-state index is -1.91. The van der Waals surface area contributed by atoms with E-state index in [9.17, 15) is 0 Å². The van der Waals surface area contributed by atoms with Gasteiger partial charge in [0.25, 0.3) is 0 Å². The molecule has 236 valence electrons. The minimum absolute atomic E-state index is 0.0626. The van der Waals surface area contributed by atoms with Crippen molar-refractivity contribution in [2.45, 2.75) is 127 Å². The number of rotatable bonds is 4. The van der Waals surface area contributed by atoms with Gasteiger partial charge in [-0.3, -0.25) is 0 Å². The van der Waals surface area contributed by atoms with Crippen molar-refractivity contribution in [1.82, 2.24) is 0 Å². The maximum atomic E-state index is 7.59. The normalized spacial score (nSPS) is 41.1. The highest BCUT2D eigenvalue weighted by Crippen LogP contribution is 2.78. The third-order valence-corrected chi connectivity index (χ3v) is 18.5. The Morgan fingerprint density at radius 3 is 2.21 bits per heavy atom. The topological polar surface area (TPSA) is 46.2 Å². The molecule has 0 N–H and O–H groups in total. The SMILES string of the molecule is CC1(c2ccc([C@H]3C[C@@]4(C)[C@@H](C[C@H]5C[C@]54O[Si](C)(C)C(C)(C)C)[C@@H]4CC[C@H]5CC6(CCC5=C43)OCCO6)cc2)OCCO1. The Bertz CT molecular complexity index is 1300. The Hall–Kier alpha value is -1.02. The summed E-state index contributed by atoms with van der Waals surface area (Å²) in [5.41, 5.74) is 6.44. The molecule has 6 fully saturated rings. The Balaban J connectivity index is 1.19. The minimum Gasteiger partial charge on any atom is -0.410 e. The van der Waals surface area contributed by atoms with Crippen LogP contribution in [0.4, 0.5) is 0 Å². The van der Waals surface area contributed by atoms with E-state index in [1.165, 1.54) is 37.7 Å². The van der Waals surface area contributed by atoms with Gasteiger partial charge < -0.3 is 23.4 Å². The van der Waals surface area contributed by atoms with Crippen LogP contribution >= 0.6 is 0 Å². The van der Waals surface area contributed by atoms with Crippen LogP contribution in [0.5, 0.6) is 0 Å². The third kappa shape index (κ3) is 4.25. The van der Waals surface area contributed by atoms with Crippen molar-refractivity contribution < 1.29 is 23.4 Å². The van der Waals surface area contributed by atoms with Gasteiger partial charge in [0, 0.05) is 24.3 Å². The van der Waals surface area contributed by atoms with Gasteiger partial charge >= 0.3 is 0 Å². The summed E-state index contributed by atoms with van der Waals surface area (Å²) in [5.74, 6) is 2.20. The molecule has 7 aliphatic rings. The van der Waals surface area contributed by atoms with Crippen molar-refractivity contribution in [3.05, 3.63) is 46.5 Å². The fraction of sp³-hybridized carbons (Fsp3) is 0.784. The van der Waals surface area contributed by atoms with Crippen LogP contribution in [-0.2, 0) is 29.2 Å². The highest BCUT2D eigenvalue weighted by Gasteiger charge is 2.77. The molecule has 6 heteroatoms. The van der Waals surface area contributed by atoms with E-state index < -0.39 is 14.1 Å². The molecule has 2 saturated heterocycles. The lowest BCUT2D eigenvalue weighted by Gasteiger charge is -2.57. The molecule has 5 nitrogen and oxygen atoms in total. The highest BCUT2D eigenvalue weighted by atomic mass is 28.4. The quantitative estimate of drug-likeness (QED) is 0.254. The smallest absolute Gasteiger partial charge is 0.192 e. The molecule has 0 amide bonds. The van der Waals surface area contributed by atoms with E-state index in [1.807, 2.05) is 5.57 Å². The predicted octanol–water partition coefficient (Wildman–Crippen LogP) is 8.45. The summed E-state index contributed by atoms with van der Waals surface area (Å²) in [7, 11) is -1.91. The molecule has 1 aromatic carbocycles. The summed E-state index contributed by atoms with van der Waals surface area (Å²) in [6.45, 7) is 19.7. The number of hydrogen-bond acceptors (Lipinski definition) is 5. The number of fused-ring (bicyclic) bond motifs is 6. The molecule has 2 heterocycles. The zero-order valence-electron chi connectivity index (χ0n) is 27.7. The zero-order valence-corrected chi connectivity index (χ0v) is 28.7. The van der Waals surface area contributed by atoms with E-state index in [2.05, 4.69) is 72.0 Å². The van der Waals surface area contributed by atoms with Gasteiger partial charge in [0.1, 0.15) is 0 Å². The second-order valence-corrected chi connectivity index (χ2v) is 21.8. The molecule has 0 aromatic heterocycles. The van der Waals surface area contributed by atoms with Gasteiger partial charge in [0.05, 0.1) is 32.0 Å². The second-order valence-electron chi connectivity index (χ2n) is 17.1. The van der Waals surface area contributed by atoms with Crippen LogP contribution < -0.4 is 0 Å². The van der Waals surface area contributed by atoms with E-state index in [0.29, 0.717) is 31.0 Å². The Morgan fingerprint density at radius 2 is 1.53 bits per heavy atom. The summed E-state index contributed by atoms with van der Waals surface area (Å²) >= 11 is 0. The third-order valence-electron chi connectivity index (χ3n) is 14.0. The highest BCUT2D eigenvalue weighted by molar-refractivity contribution is 6.74. The van der Waals surface area contributed by atoms with E-state index in [-0.39, 0.29) is 21.8 Å². The number of ether oxygens (including phenoxy) is 4. The summed E-state index contributed by atoms with van der Waals surface area (Å²) in [4.78, 5) is 0. The van der Waals surface area contributed by atoms with Crippen molar-refractivity contribution in [2.24, 2.45) is 29.1 Å². The molecule has 1 aromatic rings. The second kappa shape index (κ2) is 9.51. The van der Waals surface area contributed by atoms with E-state index >= 15 is 0 Å². The lowest BCUT2D eigenvalue weighted by atomic mass is 9.50. The molecule has 8 rings (SSSR count). The monoisotopic (exact) mass is 606 g/mol. The summed E-state index contributed by atoms with van der Waals surface area (Å²) in [6, 6.07) is 9.37. The van der Waals surface area contributed by atoms with Crippen molar-refractivity contribution >= 4 is 8.32 Å². The molecular weight excluding hydrogens is 552 g/mol. The molecule has 0 unspecified atom stereocenters. The largest absolute Gasteiger partial charge is 0.410 e. The van der Waals surface area contributed by atoms with Crippen LogP contribution in [0.15, 0.2) is 35.4 Å². The van der Waals surface area contributed by atoms with Crippen LogP contribution in [0, 0.1) is 29.1 Å². The van der Waals surface area contributed by atoms with Gasteiger partial charge in [-0.05, 0) is 98.2 Å². The van der Waals surface area contributed by atoms with Crippen LogP contribution in [0.25, 0.3) is 0 Å². The first kappa shape index (κ1) is 29.4. The van der Waals surface area contributed by atoms with Gasteiger partial charge in [0.2, 0.25) is 0 Å². The van der Waals surface area contributed by atoms with E-state index in [1.54, 1.807) is 5.57 Å². The maximum Gasteiger partial charge on any atom is 0.192 e. The van der Waals surface area contributed by atoms with Gasteiger partial charge in [-0.15, -0.1) is 0 Å². The standard InChI is InChI=1S/C37H54O5Si/c1-33(2,3)43(6,7)42-37-22-27(37)20-31-29-13-10-25-21-36(40-18-19-41-36)15-14-28(25)32(29)30(23-34(31,37)4)24-8-11-26(12-9-24)35(5)38-16-17-39-35/h8-9,11-12,25,27,29-31H,10,13-23H2,1-7H3/t25-,27-,29-,30+,31-,34-,37-/m0/s1. The predicted molar refractivity (Wildman–Crippen MR) is 170 cm³/mol. The number of hydrogen-bond donors (Lipinski definition) is 0. The molecule has 2 aliphatic heterocycles. The summed E-state index contributed by atoms with van der Waals surface area (Å²) < 4.78 is 32.2. The molecule has 43 heavy (non-hydrogen) atoms. The fourth-order valence-corrected chi connectivity index (χ4v) is 12.4. The molecule has 7 atom stereocenters. The Morgan fingerprint density at radius 1 is 0.860 bits per heavy atom. The molecule has 5 aliphatic carbocycles. The molecule has 1 spiro atoms. The van der Waals surface area contributed by atoms with Gasteiger partial charge in [-0.25, -0.2) is 0 Å². The molecular formula is C37H54O5Si. The lowest BCUT2D eigenvalue weighted by Crippen LogP contribution is -2.54. The van der Waals surface area contributed by atoms with Crippen LogP contribution in [-0.4, -0.2) is 46.1 Å². The maximum absolute atomic E-state index is 7.59. The summed E-state index contributed by atoms with van der Waals surface area (Å²) in [5, 5.41) is 0.224. The van der Waals surface area contributed by atoms with Crippen molar-refractivity contribution in [3.63, 3.8) is 0 Å². The van der Waals surface area contributed by atoms with E-state index in [4.69, 9.17) is 23.4 Å². The first-order valence-corrected chi connectivity index (χ1v) is 20.3. The zero-order chi connectivity index (χ0) is 30.0. The molecule has 0 radical (unpaired) electrons. The molecule has 4 saturated carbocycles. The van der Waals surface area contributed by atoms with Gasteiger partial charge in [-0.2, -0.15) is 0 Å². The first-order valence-electron chi connectivity index (χ1n) is 17.4. The fourth-order valence-electron chi connectivity index (χ4n) is 10.7. The Labute approximate surface area is 260 Å². The number of benzene rings is 1. The van der Waals surface area contributed by atoms with E-state index in [0.717, 1.165) is 49.9 Å². The molecule has 0 bridgehead atoms. The first-order chi connectivity index (χ1) is 20.3.